The summed E-state index contributed by atoms with van der Waals surface area (Å²) in [6.45, 7) is 4.00. The van der Waals surface area contributed by atoms with Crippen LogP contribution < -0.4 is 0 Å². The van der Waals surface area contributed by atoms with Gasteiger partial charge in [0, 0.05) is 0 Å². The van der Waals surface area contributed by atoms with E-state index in [4.69, 9.17) is 0 Å². The van der Waals surface area contributed by atoms with Gasteiger partial charge in [-0.15, -0.1) is 0 Å². The van der Waals surface area contributed by atoms with Crippen molar-refractivity contribution >= 4 is 5.97 Å². The lowest BCUT2D eigenvalue weighted by molar-refractivity contribution is -0.147. The van der Waals surface area contributed by atoms with Gasteiger partial charge in [0.1, 0.15) is 5.92 Å². The predicted octanol–water partition coefficient (Wildman–Crippen LogP) is 3.58. The Hall–Kier alpha value is -1.35. The van der Waals surface area contributed by atoms with Crippen molar-refractivity contribution in [1.82, 2.24) is 0 Å². The van der Waals surface area contributed by atoms with Gasteiger partial charge in [0.2, 0.25) is 0 Å². The Balaban J connectivity index is 0.000000861. The minimum Gasteiger partial charge on any atom is -0.481 e. The molecule has 106 valence electrons. The lowest BCUT2D eigenvalue weighted by atomic mass is 9.73. The van der Waals surface area contributed by atoms with Crippen LogP contribution in [0.25, 0.3) is 0 Å². The summed E-state index contributed by atoms with van der Waals surface area (Å²) in [4.78, 5) is 11.4. The maximum Gasteiger partial charge on any atom is 0.313 e. The summed E-state index contributed by atoms with van der Waals surface area (Å²) >= 11 is 0. The zero-order valence-corrected chi connectivity index (χ0v) is 11.8. The normalized spacial score (nSPS) is 18.9. The molecular formula is C16H24O3. The van der Waals surface area contributed by atoms with E-state index in [2.05, 4.69) is 0 Å². The smallest absolute Gasteiger partial charge is 0.313 e. The lowest BCUT2D eigenvalue weighted by Crippen LogP contribution is -2.42. The Bertz CT molecular complexity index is 380. The fourth-order valence-electron chi connectivity index (χ4n) is 2.78. The van der Waals surface area contributed by atoms with Gasteiger partial charge in [-0.25, -0.2) is 0 Å². The Morgan fingerprint density at radius 2 is 1.63 bits per heavy atom. The Morgan fingerprint density at radius 3 is 2.11 bits per heavy atom. The molecule has 0 heterocycles. The van der Waals surface area contributed by atoms with Crippen LogP contribution in [0.2, 0.25) is 0 Å². The quantitative estimate of drug-likeness (QED) is 0.877. The van der Waals surface area contributed by atoms with Crippen LogP contribution in [0.3, 0.4) is 0 Å². The van der Waals surface area contributed by atoms with Crippen molar-refractivity contribution in [2.75, 3.05) is 0 Å². The summed E-state index contributed by atoms with van der Waals surface area (Å²) in [6, 6.07) is 9.05. The molecule has 1 atom stereocenters. The highest BCUT2D eigenvalue weighted by atomic mass is 16.4. The zero-order valence-electron chi connectivity index (χ0n) is 11.8. The van der Waals surface area contributed by atoms with Crippen LogP contribution in [0.15, 0.2) is 30.3 Å². The van der Waals surface area contributed by atoms with Crippen molar-refractivity contribution in [3.05, 3.63) is 35.9 Å². The van der Waals surface area contributed by atoms with Crippen LogP contribution in [0, 0.1) is 0 Å². The maximum atomic E-state index is 11.4. The maximum absolute atomic E-state index is 11.4. The van der Waals surface area contributed by atoms with Crippen molar-refractivity contribution in [2.24, 2.45) is 0 Å². The monoisotopic (exact) mass is 264 g/mol. The van der Waals surface area contributed by atoms with E-state index in [1.807, 2.05) is 32.0 Å². The first-order valence-electron chi connectivity index (χ1n) is 7.14. The number of aliphatic carboxylic acids is 1. The number of carbonyl (C=O) groups is 1. The summed E-state index contributed by atoms with van der Waals surface area (Å²) in [5, 5.41) is 20.0. The second kappa shape index (κ2) is 7.29. The second-order valence-electron chi connectivity index (χ2n) is 4.85. The first-order chi connectivity index (χ1) is 9.13. The van der Waals surface area contributed by atoms with E-state index in [1.54, 1.807) is 12.1 Å². The molecular weight excluding hydrogens is 240 g/mol. The van der Waals surface area contributed by atoms with Gasteiger partial charge in [-0.2, -0.15) is 0 Å². The first kappa shape index (κ1) is 15.7. The fourth-order valence-corrected chi connectivity index (χ4v) is 2.78. The van der Waals surface area contributed by atoms with E-state index in [9.17, 15) is 15.0 Å². The molecule has 1 fully saturated rings. The molecule has 0 radical (unpaired) electrons. The van der Waals surface area contributed by atoms with Crippen LogP contribution in [0.1, 0.15) is 57.4 Å². The van der Waals surface area contributed by atoms with Gasteiger partial charge in [0.25, 0.3) is 0 Å². The van der Waals surface area contributed by atoms with Gasteiger partial charge in [0.05, 0.1) is 5.60 Å². The fraction of sp³-hybridized carbons (Fsp3) is 0.562. The van der Waals surface area contributed by atoms with Gasteiger partial charge in [-0.1, -0.05) is 63.4 Å². The molecule has 0 bridgehead atoms. The van der Waals surface area contributed by atoms with Gasteiger partial charge in [-0.3, -0.25) is 4.79 Å². The van der Waals surface area contributed by atoms with E-state index in [-0.39, 0.29) is 0 Å². The highest BCUT2D eigenvalue weighted by molar-refractivity contribution is 5.77. The average molecular weight is 264 g/mol. The number of hydrogen-bond acceptors (Lipinski definition) is 2. The molecule has 0 amide bonds. The summed E-state index contributed by atoms with van der Waals surface area (Å²) in [5.41, 5.74) is -0.379. The van der Waals surface area contributed by atoms with Crippen molar-refractivity contribution in [3.63, 3.8) is 0 Å². The molecule has 1 aromatic rings. The molecule has 1 aliphatic rings. The van der Waals surface area contributed by atoms with Gasteiger partial charge < -0.3 is 10.2 Å². The molecule has 3 nitrogen and oxygen atoms in total. The largest absolute Gasteiger partial charge is 0.481 e. The molecule has 1 saturated carbocycles. The van der Waals surface area contributed by atoms with Gasteiger partial charge in [-0.05, 0) is 18.4 Å². The number of aliphatic hydroxyl groups is 1. The molecule has 1 aliphatic carbocycles. The third-order valence-corrected chi connectivity index (χ3v) is 3.64. The first-order valence-corrected chi connectivity index (χ1v) is 7.14. The minimum absolute atomic E-state index is 0.582. The van der Waals surface area contributed by atoms with Crippen molar-refractivity contribution in [1.29, 1.82) is 0 Å². The Morgan fingerprint density at radius 1 is 1.11 bits per heavy atom. The standard InChI is InChI=1S/C14H18O3.C2H6/c15-13(16)12(11-7-3-1-4-8-11)14(17)9-5-2-6-10-14;1-2/h1,3-4,7-8,12,17H,2,5-6,9-10H2,(H,15,16);1-2H3/t12-;/m0./s1. The van der Waals surface area contributed by atoms with E-state index in [0.29, 0.717) is 18.4 Å². The molecule has 0 aliphatic heterocycles. The third kappa shape index (κ3) is 3.80. The topological polar surface area (TPSA) is 57.5 Å². The van der Waals surface area contributed by atoms with Crippen LogP contribution in [0.4, 0.5) is 0 Å². The Labute approximate surface area is 115 Å². The minimum atomic E-state index is -1.08. The highest BCUT2D eigenvalue weighted by Crippen LogP contribution is 2.39. The molecule has 0 spiro atoms. The van der Waals surface area contributed by atoms with Gasteiger partial charge in [0.15, 0.2) is 0 Å². The van der Waals surface area contributed by atoms with Crippen LogP contribution >= 0.6 is 0 Å². The highest BCUT2D eigenvalue weighted by Gasteiger charge is 2.43. The van der Waals surface area contributed by atoms with E-state index >= 15 is 0 Å². The summed E-state index contributed by atoms with van der Waals surface area (Å²) in [7, 11) is 0. The molecule has 19 heavy (non-hydrogen) atoms. The van der Waals surface area contributed by atoms with E-state index < -0.39 is 17.5 Å². The van der Waals surface area contributed by atoms with Crippen LogP contribution in [-0.4, -0.2) is 21.8 Å². The summed E-state index contributed by atoms with van der Waals surface area (Å²) < 4.78 is 0. The third-order valence-electron chi connectivity index (χ3n) is 3.64. The molecule has 3 heteroatoms. The summed E-state index contributed by atoms with van der Waals surface area (Å²) in [6.07, 6.45) is 4.07. The number of hydrogen-bond donors (Lipinski definition) is 2. The van der Waals surface area contributed by atoms with E-state index in [0.717, 1.165) is 19.3 Å². The molecule has 2 N–H and O–H groups in total. The summed E-state index contributed by atoms with van der Waals surface area (Å²) in [5.74, 6) is -1.73. The molecule has 0 unspecified atom stereocenters. The van der Waals surface area contributed by atoms with Crippen LogP contribution in [-0.2, 0) is 4.79 Å². The predicted molar refractivity (Wildman–Crippen MR) is 76.2 cm³/mol. The molecule has 1 aromatic carbocycles. The zero-order chi connectivity index (χ0) is 14.3. The molecule has 0 saturated heterocycles. The number of benzene rings is 1. The SMILES string of the molecule is CC.O=C(O)[C@H](c1ccccc1)C1(O)CCCCC1. The molecule has 0 aromatic heterocycles. The number of carboxylic acids is 1. The number of carboxylic acid groups (broad SMARTS) is 1. The number of rotatable bonds is 3. The Kier molecular flexibility index (Phi) is 6.03. The van der Waals surface area contributed by atoms with Crippen molar-refractivity contribution < 1.29 is 15.0 Å². The van der Waals surface area contributed by atoms with Crippen molar-refractivity contribution in [3.8, 4) is 0 Å². The second-order valence-corrected chi connectivity index (χ2v) is 4.85. The average Bonchev–Trinajstić information content (AvgIpc) is 2.42. The lowest BCUT2D eigenvalue weighted by Gasteiger charge is -2.37. The van der Waals surface area contributed by atoms with Crippen molar-refractivity contribution in [2.45, 2.75) is 57.5 Å². The van der Waals surface area contributed by atoms with Gasteiger partial charge >= 0.3 is 5.97 Å². The molecule has 2 rings (SSSR count). The van der Waals surface area contributed by atoms with Crippen LogP contribution in [0.5, 0.6) is 0 Å². The van der Waals surface area contributed by atoms with E-state index in [1.165, 1.54) is 0 Å².